The van der Waals surface area contributed by atoms with Crippen molar-refractivity contribution in [2.45, 2.75) is 97.9 Å². The number of esters is 1. The molecule has 0 aromatic carbocycles. The Morgan fingerprint density at radius 1 is 1.19 bits per heavy atom. The molecular weight excluding hydrogens is 388 g/mol. The van der Waals surface area contributed by atoms with E-state index in [0.717, 1.165) is 38.5 Å². The second-order valence-corrected chi connectivity index (χ2v) is 11.7. The van der Waals surface area contributed by atoms with Gasteiger partial charge in [0.2, 0.25) is 0 Å². The molecule has 0 bridgehead atoms. The maximum absolute atomic E-state index is 14.3. The van der Waals surface area contributed by atoms with Crippen LogP contribution in [0, 0.1) is 52.3 Å². The number of hydrogen-bond donors (Lipinski definition) is 1. The topological polar surface area (TPSA) is 63.6 Å². The molecule has 176 valence electrons. The molecule has 4 aliphatic carbocycles. The first-order valence-corrected chi connectivity index (χ1v) is 12.5. The number of hydrogen-bond acceptors (Lipinski definition) is 4. The molecule has 4 rings (SSSR count). The molecule has 4 nitrogen and oxygen atoms in total. The Bertz CT molecular complexity index is 830. The summed E-state index contributed by atoms with van der Waals surface area (Å²) in [5, 5.41) is 10.5. The maximum Gasteiger partial charge on any atom is 0.305 e. The van der Waals surface area contributed by atoms with Crippen LogP contribution in [0.25, 0.3) is 0 Å². The van der Waals surface area contributed by atoms with Crippen molar-refractivity contribution in [2.75, 3.05) is 7.11 Å². The van der Waals surface area contributed by atoms with Gasteiger partial charge in [0, 0.05) is 23.7 Å². The highest BCUT2D eigenvalue weighted by Gasteiger charge is 2.65. The lowest BCUT2D eigenvalue weighted by Crippen LogP contribution is -2.60. The van der Waals surface area contributed by atoms with Gasteiger partial charge in [-0.2, -0.15) is 0 Å². The van der Waals surface area contributed by atoms with E-state index in [1.54, 1.807) is 0 Å². The van der Waals surface area contributed by atoms with Gasteiger partial charge in [0.25, 0.3) is 0 Å². The summed E-state index contributed by atoms with van der Waals surface area (Å²) in [6, 6.07) is 0. The second-order valence-electron chi connectivity index (χ2n) is 11.7. The van der Waals surface area contributed by atoms with E-state index in [1.165, 1.54) is 7.11 Å². The molecule has 0 radical (unpaired) electrons. The minimum absolute atomic E-state index is 0.0125. The summed E-state index contributed by atoms with van der Waals surface area (Å²) in [6.45, 7) is 4.24. The third-order valence-corrected chi connectivity index (χ3v) is 10.6. The van der Waals surface area contributed by atoms with Gasteiger partial charge >= 0.3 is 5.97 Å². The van der Waals surface area contributed by atoms with E-state index in [1.807, 2.05) is 0 Å². The number of aliphatic hydroxyl groups is 1. The molecule has 4 heteroatoms. The molecule has 0 amide bonds. The van der Waals surface area contributed by atoms with Crippen molar-refractivity contribution >= 4 is 11.8 Å². The molecular formula is C27H44O4. The Kier molecular flexibility index (Phi) is 5.06. The number of carbonyl (C=O) groups is 2. The van der Waals surface area contributed by atoms with E-state index in [2.05, 4.69) is 20.8 Å². The fourth-order valence-corrected chi connectivity index (χ4v) is 8.88. The van der Waals surface area contributed by atoms with Crippen molar-refractivity contribution in [3.05, 3.63) is 0 Å². The van der Waals surface area contributed by atoms with Crippen LogP contribution < -0.4 is 0 Å². The van der Waals surface area contributed by atoms with Crippen molar-refractivity contribution in [1.82, 2.24) is 0 Å². The van der Waals surface area contributed by atoms with Crippen LogP contribution in [0.5, 0.6) is 0 Å². The summed E-state index contributed by atoms with van der Waals surface area (Å²) in [5.74, 6) is -0.359. The zero-order valence-electron chi connectivity index (χ0n) is 23.7. The van der Waals surface area contributed by atoms with Crippen molar-refractivity contribution in [3.8, 4) is 0 Å². The van der Waals surface area contributed by atoms with E-state index in [9.17, 15) is 14.7 Å². The molecule has 4 saturated carbocycles. The Balaban J connectivity index is 1.67. The summed E-state index contributed by atoms with van der Waals surface area (Å²) >= 11 is 0. The van der Waals surface area contributed by atoms with Gasteiger partial charge in [0.05, 0.1) is 13.2 Å². The summed E-state index contributed by atoms with van der Waals surface area (Å²) in [6.07, 6.45) is 5.06. The Hall–Kier alpha value is -0.900. The van der Waals surface area contributed by atoms with Crippen molar-refractivity contribution in [3.63, 3.8) is 0 Å². The molecule has 4 fully saturated rings. The molecule has 0 aromatic heterocycles. The fourth-order valence-electron chi connectivity index (χ4n) is 8.88. The van der Waals surface area contributed by atoms with Gasteiger partial charge in [0.1, 0.15) is 5.78 Å². The van der Waals surface area contributed by atoms with Crippen molar-refractivity contribution in [2.24, 2.45) is 52.3 Å². The first kappa shape index (κ1) is 18.5. The van der Waals surface area contributed by atoms with E-state index in [4.69, 9.17) is 10.2 Å². The lowest BCUT2D eigenvalue weighted by atomic mass is 9.42. The van der Waals surface area contributed by atoms with Crippen LogP contribution in [0.3, 0.4) is 0 Å². The number of ether oxygens (including phenoxy) is 1. The monoisotopic (exact) mass is 436 g/mol. The zero-order valence-corrected chi connectivity index (χ0v) is 19.7. The van der Waals surface area contributed by atoms with Crippen LogP contribution in [0.15, 0.2) is 0 Å². The standard InChI is InChI=1S/C27H44O4/c1-6-18-22-15-17(28)11-13-27(22,4)21-12-14-26(3)19(16(2)7-10-23(29)31-5)8-9-20(26)24(21)25(18)30/h16-22,24,28H,6-15H2,1-5H3/t16-,17-,18-,19-,20?,21?,22+,24?,26-,27-/m1/s1/i1D3,6D/t6?,16-,17-,18-,19-,20?,21?,22+,24?,26-,27-. The molecule has 4 unspecified atom stereocenters. The van der Waals surface area contributed by atoms with Gasteiger partial charge in [0.15, 0.2) is 0 Å². The summed E-state index contributed by atoms with van der Waals surface area (Å²) in [4.78, 5) is 26.0. The number of methoxy groups -OCH3 is 1. The highest BCUT2D eigenvalue weighted by molar-refractivity contribution is 5.86. The average molecular weight is 437 g/mol. The van der Waals surface area contributed by atoms with E-state index in [0.29, 0.717) is 31.1 Å². The SMILES string of the molecule is [2H]C([C@H]1C(=O)C2C3CC[C@H]([C@H](C)CCC(=O)OC)[C@@]3(C)CCC2[C@@]2(C)CC[C@@H](O)C[C@@H]12)C([2H])([2H])[2H]. The second kappa shape index (κ2) is 8.47. The number of aliphatic hydroxyl groups excluding tert-OH is 1. The molecule has 0 aromatic rings. The van der Waals surface area contributed by atoms with Gasteiger partial charge in [-0.05, 0) is 98.2 Å². The molecule has 0 saturated heterocycles. The van der Waals surface area contributed by atoms with Gasteiger partial charge < -0.3 is 9.84 Å². The molecule has 1 N–H and O–H groups in total. The largest absolute Gasteiger partial charge is 0.469 e. The van der Waals surface area contributed by atoms with E-state index >= 15 is 0 Å². The predicted octanol–water partition coefficient (Wildman–Crippen LogP) is 5.41. The number of ketones is 1. The van der Waals surface area contributed by atoms with Gasteiger partial charge in [-0.25, -0.2) is 0 Å². The minimum atomic E-state index is -2.52. The van der Waals surface area contributed by atoms with Gasteiger partial charge in [-0.15, -0.1) is 0 Å². The normalized spacial score (nSPS) is 51.1. The third kappa shape index (κ3) is 3.60. The number of Topliss-reactive ketones (excluding diaryl/α,β-unsaturated/α-hetero) is 1. The number of fused-ring (bicyclic) bond motifs is 5. The summed E-state index contributed by atoms with van der Waals surface area (Å²) in [5.41, 5.74) is -0.241. The highest BCUT2D eigenvalue weighted by atomic mass is 16.5. The number of rotatable bonds is 5. The van der Waals surface area contributed by atoms with Crippen LogP contribution in [0.2, 0.25) is 0 Å². The van der Waals surface area contributed by atoms with Crippen molar-refractivity contribution in [1.29, 1.82) is 0 Å². The molecule has 31 heavy (non-hydrogen) atoms. The molecule has 11 atom stereocenters. The quantitative estimate of drug-likeness (QED) is 0.585. The van der Waals surface area contributed by atoms with Gasteiger partial charge in [-0.1, -0.05) is 27.6 Å². The first-order valence-electron chi connectivity index (χ1n) is 14.5. The van der Waals surface area contributed by atoms with Crippen LogP contribution in [-0.4, -0.2) is 30.1 Å². The fraction of sp³-hybridized carbons (Fsp3) is 0.926. The molecule has 4 aliphatic rings. The Labute approximate surface area is 194 Å². The van der Waals surface area contributed by atoms with Crippen molar-refractivity contribution < 1.29 is 24.9 Å². The van der Waals surface area contributed by atoms with E-state index < -0.39 is 25.3 Å². The Morgan fingerprint density at radius 2 is 1.90 bits per heavy atom. The number of carbonyl (C=O) groups excluding carboxylic acids is 2. The molecule has 0 spiro atoms. The predicted molar refractivity (Wildman–Crippen MR) is 121 cm³/mol. The summed E-state index contributed by atoms with van der Waals surface area (Å²) < 4.78 is 37.5. The molecule has 0 heterocycles. The third-order valence-electron chi connectivity index (χ3n) is 10.6. The average Bonchev–Trinajstić information content (AvgIpc) is 3.14. The van der Waals surface area contributed by atoms with E-state index in [-0.39, 0.29) is 46.3 Å². The highest BCUT2D eigenvalue weighted by Crippen LogP contribution is 2.68. The maximum atomic E-state index is 14.3. The lowest BCUT2D eigenvalue weighted by molar-refractivity contribution is -0.173. The smallest absolute Gasteiger partial charge is 0.305 e. The summed E-state index contributed by atoms with van der Waals surface area (Å²) in [7, 11) is 1.42. The van der Waals surface area contributed by atoms with Crippen LogP contribution in [0.4, 0.5) is 0 Å². The van der Waals surface area contributed by atoms with Crippen LogP contribution in [0.1, 0.15) is 97.3 Å². The minimum Gasteiger partial charge on any atom is -0.469 e. The first-order chi connectivity index (χ1) is 16.3. The lowest BCUT2D eigenvalue weighted by Gasteiger charge is -2.62. The zero-order chi connectivity index (χ0) is 25.9. The van der Waals surface area contributed by atoms with Crippen LogP contribution >= 0.6 is 0 Å². The Morgan fingerprint density at radius 3 is 2.61 bits per heavy atom. The van der Waals surface area contributed by atoms with Gasteiger partial charge in [-0.3, -0.25) is 9.59 Å². The molecule has 0 aliphatic heterocycles. The van der Waals surface area contributed by atoms with Crippen LogP contribution in [-0.2, 0) is 14.3 Å².